The van der Waals surface area contributed by atoms with Gasteiger partial charge in [-0.3, -0.25) is 0 Å². The maximum Gasteiger partial charge on any atom is 0.387 e. The molecule has 2 aromatic rings. The molecule has 6 nitrogen and oxygen atoms in total. The average Bonchev–Trinajstić information content (AvgIpc) is 2.67. The van der Waals surface area contributed by atoms with Crippen LogP contribution in [0.4, 0.5) is 8.78 Å². The molecule has 0 atom stereocenters. The third-order valence-corrected chi connectivity index (χ3v) is 1.67. The fourth-order valence-corrected chi connectivity index (χ4v) is 1.08. The molecule has 0 saturated heterocycles. The molecule has 0 radical (unpaired) electrons. The van der Waals surface area contributed by atoms with Gasteiger partial charge in [-0.15, -0.1) is 0 Å². The fourth-order valence-electron chi connectivity index (χ4n) is 1.08. The minimum atomic E-state index is -3.04. The number of nitrogens with one attached hydrogen (secondary N) is 1. The summed E-state index contributed by atoms with van der Waals surface area (Å²) in [6.45, 7) is -3.04. The van der Waals surface area contributed by atoms with Crippen molar-refractivity contribution in [1.82, 2.24) is 20.2 Å². The molecule has 8 heteroatoms. The van der Waals surface area contributed by atoms with Crippen molar-refractivity contribution >= 4 is 0 Å². The molecule has 0 aliphatic rings. The lowest BCUT2D eigenvalue weighted by molar-refractivity contribution is -0.0498. The summed E-state index contributed by atoms with van der Waals surface area (Å²) in [7, 11) is 0. The van der Waals surface area contributed by atoms with Gasteiger partial charge in [-0.1, -0.05) is 6.07 Å². The number of aromatic amines is 1. The second-order valence-corrected chi connectivity index (χ2v) is 2.70. The second kappa shape index (κ2) is 4.09. The highest BCUT2D eigenvalue weighted by molar-refractivity contribution is 5.37. The monoisotopic (exact) mass is 230 g/mol. The van der Waals surface area contributed by atoms with E-state index in [-0.39, 0.29) is 17.5 Å². The van der Waals surface area contributed by atoms with E-state index in [2.05, 4.69) is 15.2 Å². The molecule has 0 fully saturated rings. The standard InChI is InChI=1S/C8H6F2N4O2/c9-7(10)16-6-3-1-2-5(4-6)14-8(15)11-12-13-14/h1-4,7H,(H,11,13,15)/i4T. The molecule has 0 saturated carbocycles. The van der Waals surface area contributed by atoms with Crippen LogP contribution < -0.4 is 10.4 Å². The molecule has 1 heterocycles. The molecule has 0 aliphatic heterocycles. The third kappa shape index (κ3) is 2.05. The number of aromatic nitrogens is 4. The van der Waals surface area contributed by atoms with Gasteiger partial charge in [0.05, 0.1) is 7.06 Å². The van der Waals surface area contributed by atoms with Gasteiger partial charge in [-0.25, -0.2) is 9.89 Å². The van der Waals surface area contributed by atoms with Gasteiger partial charge in [0.25, 0.3) is 0 Å². The van der Waals surface area contributed by atoms with Crippen molar-refractivity contribution in [3.8, 4) is 11.4 Å². The lowest BCUT2D eigenvalue weighted by Crippen LogP contribution is -2.16. The van der Waals surface area contributed by atoms with Gasteiger partial charge < -0.3 is 4.74 Å². The Kier molecular flexibility index (Phi) is 2.30. The zero-order chi connectivity index (χ0) is 12.4. The first kappa shape index (κ1) is 9.01. The van der Waals surface area contributed by atoms with E-state index in [4.69, 9.17) is 1.37 Å². The van der Waals surface area contributed by atoms with E-state index in [1.807, 2.05) is 5.10 Å². The minimum Gasteiger partial charge on any atom is -0.435 e. The zero-order valence-corrected chi connectivity index (χ0v) is 7.72. The lowest BCUT2D eigenvalue weighted by Gasteiger charge is -2.05. The summed E-state index contributed by atoms with van der Waals surface area (Å²) in [4.78, 5) is 11.2. The molecule has 0 bridgehead atoms. The zero-order valence-electron chi connectivity index (χ0n) is 8.72. The first-order chi connectivity index (χ1) is 8.09. The lowest BCUT2D eigenvalue weighted by atomic mass is 10.3. The van der Waals surface area contributed by atoms with Crippen LogP contribution in [0.15, 0.2) is 29.0 Å². The van der Waals surface area contributed by atoms with Crippen molar-refractivity contribution in [2.45, 2.75) is 6.61 Å². The van der Waals surface area contributed by atoms with E-state index in [1.54, 1.807) is 0 Å². The van der Waals surface area contributed by atoms with E-state index in [9.17, 15) is 13.6 Å². The van der Waals surface area contributed by atoms with Crippen molar-refractivity contribution in [3.05, 3.63) is 34.7 Å². The molecular formula is C8H6F2N4O2. The predicted octanol–water partition coefficient (Wildman–Crippen LogP) is 0.557. The Labute approximate surface area is 88.8 Å². The summed E-state index contributed by atoms with van der Waals surface area (Å²) in [5.74, 6) is -0.340. The highest BCUT2D eigenvalue weighted by Gasteiger charge is 2.07. The Bertz CT molecular complexity index is 583. The van der Waals surface area contributed by atoms with Crippen LogP contribution in [0, 0.1) is 0 Å². The topological polar surface area (TPSA) is 72.8 Å². The first-order valence-corrected chi connectivity index (χ1v) is 4.15. The molecule has 84 valence electrons. The number of hydrogen-bond donors (Lipinski definition) is 1. The summed E-state index contributed by atoms with van der Waals surface area (Å²) < 4.78 is 36.6. The number of benzene rings is 1. The van der Waals surface area contributed by atoms with Crippen LogP contribution in [-0.4, -0.2) is 26.8 Å². The number of rotatable bonds is 3. The van der Waals surface area contributed by atoms with Crippen molar-refractivity contribution < 1.29 is 14.9 Å². The molecule has 0 amide bonds. The number of H-pyrrole nitrogens is 1. The van der Waals surface area contributed by atoms with Gasteiger partial charge in [0.15, 0.2) is 0 Å². The number of halogens is 2. The highest BCUT2D eigenvalue weighted by atomic mass is 19.3. The smallest absolute Gasteiger partial charge is 0.387 e. The Balaban J connectivity index is 2.50. The SMILES string of the molecule is [3H]c1c(OC(F)F)cccc1-n1nn[nH]c1=O. The molecule has 0 unspecified atom stereocenters. The van der Waals surface area contributed by atoms with E-state index < -0.39 is 12.3 Å². The van der Waals surface area contributed by atoms with Crippen LogP contribution in [0.3, 0.4) is 0 Å². The number of hydrogen-bond acceptors (Lipinski definition) is 4. The van der Waals surface area contributed by atoms with Crippen molar-refractivity contribution in [2.75, 3.05) is 0 Å². The normalized spacial score (nSPS) is 11.6. The Morgan fingerprint density at radius 3 is 3.00 bits per heavy atom. The predicted molar refractivity (Wildman–Crippen MR) is 48.6 cm³/mol. The third-order valence-electron chi connectivity index (χ3n) is 1.67. The van der Waals surface area contributed by atoms with Crippen molar-refractivity contribution in [3.63, 3.8) is 0 Å². The maximum atomic E-state index is 12.0. The quantitative estimate of drug-likeness (QED) is 0.836. The van der Waals surface area contributed by atoms with E-state index in [0.29, 0.717) is 0 Å². The Hall–Kier alpha value is -2.25. The van der Waals surface area contributed by atoms with E-state index in [1.165, 1.54) is 18.2 Å². The Morgan fingerprint density at radius 1 is 1.56 bits per heavy atom. The summed E-state index contributed by atoms with van der Waals surface area (Å²) >= 11 is 0. The summed E-state index contributed by atoms with van der Waals surface area (Å²) in [5.41, 5.74) is -0.672. The number of alkyl halides is 2. The largest absolute Gasteiger partial charge is 0.435 e. The summed E-state index contributed by atoms with van der Waals surface area (Å²) in [6.07, 6.45) is 0. The number of ether oxygens (including phenoxy) is 1. The van der Waals surface area contributed by atoms with E-state index in [0.717, 1.165) is 4.68 Å². The molecule has 16 heavy (non-hydrogen) atoms. The summed E-state index contributed by atoms with van der Waals surface area (Å²) in [5, 5.41) is 8.66. The second-order valence-electron chi connectivity index (χ2n) is 2.70. The molecule has 0 spiro atoms. The minimum absolute atomic E-state index is 0.00176. The maximum absolute atomic E-state index is 12.0. The van der Waals surface area contributed by atoms with Gasteiger partial charge in [0, 0.05) is 6.04 Å². The van der Waals surface area contributed by atoms with Gasteiger partial charge in [0.2, 0.25) is 0 Å². The van der Waals surface area contributed by atoms with Crippen LogP contribution in [0.2, 0.25) is 0 Å². The molecule has 1 aromatic heterocycles. The average molecular weight is 230 g/mol. The van der Waals surface area contributed by atoms with Gasteiger partial charge in [-0.05, 0) is 22.6 Å². The first-order valence-electron chi connectivity index (χ1n) is 4.65. The van der Waals surface area contributed by atoms with Crippen LogP contribution in [0.5, 0.6) is 5.75 Å². The molecular weight excluding hydrogens is 222 g/mol. The van der Waals surface area contributed by atoms with E-state index >= 15 is 0 Å². The van der Waals surface area contributed by atoms with Crippen LogP contribution >= 0.6 is 0 Å². The van der Waals surface area contributed by atoms with Crippen LogP contribution in [-0.2, 0) is 0 Å². The summed E-state index contributed by atoms with van der Waals surface area (Å²) in [6, 6.07) is 3.56. The van der Waals surface area contributed by atoms with Crippen molar-refractivity contribution in [2.24, 2.45) is 0 Å². The fraction of sp³-hybridized carbons (Fsp3) is 0.125. The van der Waals surface area contributed by atoms with Gasteiger partial charge in [0.1, 0.15) is 5.75 Å². The van der Waals surface area contributed by atoms with Crippen LogP contribution in [0.25, 0.3) is 5.69 Å². The number of nitrogens with zero attached hydrogens (tertiary/aromatic N) is 3. The Morgan fingerprint density at radius 2 is 2.38 bits per heavy atom. The molecule has 2 rings (SSSR count). The van der Waals surface area contributed by atoms with Gasteiger partial charge >= 0.3 is 12.3 Å². The highest BCUT2D eigenvalue weighted by Crippen LogP contribution is 2.16. The number of tetrazole rings is 1. The van der Waals surface area contributed by atoms with Crippen LogP contribution in [0.1, 0.15) is 1.37 Å². The van der Waals surface area contributed by atoms with Crippen molar-refractivity contribution in [1.29, 1.82) is 0 Å². The molecule has 0 aliphatic carbocycles. The molecule has 1 N–H and O–H groups in total. The van der Waals surface area contributed by atoms with Gasteiger partial charge in [-0.2, -0.15) is 13.5 Å². The molecule has 1 aromatic carbocycles.